The van der Waals surface area contributed by atoms with Gasteiger partial charge in [-0.05, 0) is 51.4 Å². The molecule has 1 unspecified atom stereocenters. The molecule has 3 N–H and O–H groups in total. The fraction of sp³-hybridized carbons (Fsp3) is 0.943. The van der Waals surface area contributed by atoms with Crippen LogP contribution in [0.3, 0.4) is 0 Å². The summed E-state index contributed by atoms with van der Waals surface area (Å²) in [6, 6.07) is -0.514. The Bertz CT molecular complexity index is 1410. The van der Waals surface area contributed by atoms with Crippen molar-refractivity contribution in [2.75, 3.05) is 6.54 Å². The predicted octanol–water partition coefficient (Wildman–Crippen LogP) is 6.85. The van der Waals surface area contributed by atoms with Crippen LogP contribution < -0.4 is 0 Å². The van der Waals surface area contributed by atoms with Crippen molar-refractivity contribution in [2.45, 2.75) is 204 Å². The third-order valence-electron chi connectivity index (χ3n) is 10.1. The van der Waals surface area contributed by atoms with Crippen LogP contribution in [-0.2, 0) is 58.1 Å². The van der Waals surface area contributed by atoms with E-state index in [1.54, 1.807) is 4.90 Å². The molecule has 2 aliphatic heterocycles. The Hall–Kier alpha value is -1.45. The summed E-state index contributed by atoms with van der Waals surface area (Å²) in [4.78, 5) is 27.9. The second-order valence-corrected chi connectivity index (χ2v) is 17.8. The first-order valence-corrected chi connectivity index (χ1v) is 24.1. The average molecular weight is 836 g/mol. The second kappa shape index (κ2) is 25.7. The third kappa shape index (κ3) is 22.3. The van der Waals surface area contributed by atoms with Gasteiger partial charge in [-0.15, -0.1) is 0 Å². The number of nitrogens with zero attached hydrogens (tertiary/aromatic N) is 1. The lowest BCUT2D eigenvalue weighted by Crippen LogP contribution is -2.45. The minimum atomic E-state index is -5.31. The van der Waals surface area contributed by atoms with Crippen LogP contribution in [0.2, 0.25) is 0 Å². The molecule has 19 heteroatoms. The van der Waals surface area contributed by atoms with E-state index in [2.05, 4.69) is 0 Å². The Morgan fingerprint density at radius 3 is 1.41 bits per heavy atom. The molecule has 16 nitrogen and oxygen atoms in total. The van der Waals surface area contributed by atoms with E-state index in [0.29, 0.717) is 45.1 Å². The predicted molar refractivity (Wildman–Crippen MR) is 200 cm³/mol. The van der Waals surface area contributed by atoms with Gasteiger partial charge < -0.3 is 9.64 Å². The van der Waals surface area contributed by atoms with Crippen molar-refractivity contribution in [3.05, 3.63) is 0 Å². The maximum atomic E-state index is 13.2. The molecule has 318 valence electrons. The summed E-state index contributed by atoms with van der Waals surface area (Å²) in [5, 5.41) is 0. The van der Waals surface area contributed by atoms with Gasteiger partial charge in [-0.3, -0.25) is 18.5 Å². The molecule has 1 amide bonds. The minimum absolute atomic E-state index is 0.0238. The molecule has 2 aliphatic rings. The number of fused-ring (bicyclic) bond motifs is 1. The van der Waals surface area contributed by atoms with Crippen LogP contribution in [0.4, 0.5) is 0 Å². The average Bonchev–Trinajstić information content (AvgIpc) is 3.56. The standard InChI is InChI=1S/C35H65NO15S3/c1-2-22-29-23-17-13-9-8-11-15-19-26-32(50-53(42,43)44)34(51-54(45,46)47)31(49-52(39,40)41)25-18-14-10-6-4-3-5-7-12-16-20-27-33(37)36-28-21-24-30(36)35(38)48-29/h29-32,34H,2-28H2,1H3,(H,39,40,41)(H,42,43,44)(H,45,46,47)/t29-,30-,31-,32-,34?/m0/s1. The first kappa shape index (κ1) is 48.7. The van der Waals surface area contributed by atoms with Gasteiger partial charge in [0.1, 0.15) is 30.5 Å². The fourth-order valence-electron chi connectivity index (χ4n) is 7.45. The van der Waals surface area contributed by atoms with Gasteiger partial charge in [0, 0.05) is 13.0 Å². The fourth-order valence-corrected chi connectivity index (χ4v) is 9.01. The van der Waals surface area contributed by atoms with Gasteiger partial charge in [0.05, 0.1) is 0 Å². The highest BCUT2D eigenvalue weighted by Gasteiger charge is 2.40. The van der Waals surface area contributed by atoms with Crippen LogP contribution in [0.1, 0.15) is 174 Å². The molecule has 2 heterocycles. The van der Waals surface area contributed by atoms with Gasteiger partial charge in [0.25, 0.3) is 0 Å². The highest BCUT2D eigenvalue weighted by atomic mass is 32.3. The molecule has 0 aliphatic carbocycles. The first-order chi connectivity index (χ1) is 25.5. The van der Waals surface area contributed by atoms with Crippen molar-refractivity contribution in [2.24, 2.45) is 0 Å². The zero-order valence-corrected chi connectivity index (χ0v) is 34.3. The largest absolute Gasteiger partial charge is 0.461 e. The van der Waals surface area contributed by atoms with Crippen molar-refractivity contribution in [3.63, 3.8) is 0 Å². The van der Waals surface area contributed by atoms with Crippen LogP contribution >= 0.6 is 0 Å². The van der Waals surface area contributed by atoms with Gasteiger partial charge in [-0.1, -0.05) is 116 Å². The van der Waals surface area contributed by atoms with Crippen LogP contribution in [0.25, 0.3) is 0 Å². The Labute approximate surface area is 323 Å². The van der Waals surface area contributed by atoms with E-state index in [4.69, 9.17) is 17.3 Å². The summed E-state index contributed by atoms with van der Waals surface area (Å²) in [5.41, 5.74) is 0. The molecule has 0 bridgehead atoms. The summed E-state index contributed by atoms with van der Waals surface area (Å²) in [6.07, 6.45) is 11.9. The van der Waals surface area contributed by atoms with Crippen molar-refractivity contribution in [1.29, 1.82) is 0 Å². The zero-order chi connectivity index (χ0) is 40.0. The summed E-state index contributed by atoms with van der Waals surface area (Å²) < 4.78 is 119. The third-order valence-corrected chi connectivity index (χ3v) is 11.5. The second-order valence-electron chi connectivity index (χ2n) is 14.7. The highest BCUT2D eigenvalue weighted by molar-refractivity contribution is 7.81. The number of esters is 1. The van der Waals surface area contributed by atoms with Crippen LogP contribution in [0.15, 0.2) is 0 Å². The summed E-state index contributed by atoms with van der Waals surface area (Å²) in [7, 11) is -15.7. The monoisotopic (exact) mass is 835 g/mol. The Balaban J connectivity index is 2.12. The van der Waals surface area contributed by atoms with E-state index in [0.717, 1.165) is 103 Å². The van der Waals surface area contributed by atoms with Crippen molar-refractivity contribution < 1.29 is 65.8 Å². The number of carbonyl (C=O) groups is 2. The van der Waals surface area contributed by atoms with Crippen LogP contribution in [0, 0.1) is 0 Å². The maximum Gasteiger partial charge on any atom is 0.397 e. The number of rotatable bonds is 8. The quantitative estimate of drug-likeness (QED) is 0.167. The van der Waals surface area contributed by atoms with Gasteiger partial charge in [-0.25, -0.2) is 17.3 Å². The van der Waals surface area contributed by atoms with Crippen molar-refractivity contribution in [1.82, 2.24) is 4.90 Å². The number of hydrogen-bond donors (Lipinski definition) is 3. The minimum Gasteiger partial charge on any atom is -0.461 e. The van der Waals surface area contributed by atoms with E-state index < -0.39 is 55.6 Å². The molecule has 54 heavy (non-hydrogen) atoms. The maximum absolute atomic E-state index is 13.2. The van der Waals surface area contributed by atoms with Crippen molar-refractivity contribution in [3.8, 4) is 0 Å². The molecular formula is C35H65NO15S3. The summed E-state index contributed by atoms with van der Waals surface area (Å²) in [5.74, 6) is -0.290. The molecule has 0 spiro atoms. The number of ether oxygens (including phenoxy) is 1. The number of amides is 1. The van der Waals surface area contributed by atoms with Crippen LogP contribution in [0.5, 0.6) is 0 Å². The van der Waals surface area contributed by atoms with Gasteiger partial charge >= 0.3 is 37.2 Å². The molecule has 2 fully saturated rings. The number of cyclic esters (lactones) is 1. The Morgan fingerprint density at radius 2 is 0.981 bits per heavy atom. The van der Waals surface area contributed by atoms with E-state index >= 15 is 0 Å². The zero-order valence-electron chi connectivity index (χ0n) is 31.9. The summed E-state index contributed by atoms with van der Waals surface area (Å²) >= 11 is 0. The molecule has 2 rings (SSSR count). The first-order valence-electron chi connectivity index (χ1n) is 20.0. The van der Waals surface area contributed by atoms with Gasteiger partial charge in [-0.2, -0.15) is 25.3 Å². The number of hydrogen-bond acceptors (Lipinski definition) is 12. The lowest BCUT2D eigenvalue weighted by atomic mass is 9.97. The lowest BCUT2D eigenvalue weighted by molar-refractivity contribution is -0.158. The molecule has 0 aromatic carbocycles. The summed E-state index contributed by atoms with van der Waals surface area (Å²) in [6.45, 7) is 2.62. The van der Waals surface area contributed by atoms with E-state index in [9.17, 15) is 48.5 Å². The van der Waals surface area contributed by atoms with E-state index in [-0.39, 0.29) is 43.7 Å². The number of carbonyl (C=O) groups excluding carboxylic acids is 2. The molecule has 0 saturated carbocycles. The topological polar surface area (TPSA) is 237 Å². The molecule has 0 aromatic rings. The molecular weight excluding hydrogens is 771 g/mol. The van der Waals surface area contributed by atoms with Gasteiger partial charge in [0.2, 0.25) is 5.91 Å². The molecule has 0 radical (unpaired) electrons. The molecule has 5 atom stereocenters. The van der Waals surface area contributed by atoms with Crippen LogP contribution in [-0.4, -0.2) is 92.7 Å². The van der Waals surface area contributed by atoms with E-state index in [1.165, 1.54) is 0 Å². The van der Waals surface area contributed by atoms with Gasteiger partial charge in [0.15, 0.2) is 0 Å². The van der Waals surface area contributed by atoms with E-state index in [1.807, 2.05) is 6.92 Å². The lowest BCUT2D eigenvalue weighted by Gasteiger charge is -2.30. The SMILES string of the molecule is CCC[C@H]1CCCCCCCCC[C@H](OS(=O)(=O)O)C(OS(=O)(=O)O)[C@@H](OS(=O)(=O)O)CCCCCCCCCCCCCC(=O)N2CCC[C@H]2C(=O)O1. The molecule has 2 saturated heterocycles. The smallest absolute Gasteiger partial charge is 0.397 e. The molecule has 0 aromatic heterocycles. The Morgan fingerprint density at radius 1 is 0.574 bits per heavy atom. The normalized spacial score (nSPS) is 27.7. The highest BCUT2D eigenvalue weighted by Crippen LogP contribution is 2.27. The van der Waals surface area contributed by atoms with Crippen molar-refractivity contribution >= 4 is 43.1 Å². The Kier molecular flexibility index (Phi) is 23.2.